The molecule has 2 nitrogen and oxygen atoms in total. The molecular formula is C63H56Cl2N2. The zero-order valence-electron chi connectivity index (χ0n) is 41.9. The Morgan fingerprint density at radius 2 is 0.657 bits per heavy atom. The fraction of sp³-hybridized carbons (Fsp3) is 0.143. The van der Waals surface area contributed by atoms with Gasteiger partial charge in [0.15, 0.2) is 0 Å². The van der Waals surface area contributed by atoms with E-state index in [1.165, 1.54) is 0 Å². The van der Waals surface area contributed by atoms with Gasteiger partial charge in [0.2, 0.25) is 0 Å². The number of hydrogen-bond acceptors (Lipinski definition) is 2. The largest absolute Gasteiger partial charge is 0.309 e. The molecule has 9 rings (SSSR count). The fourth-order valence-corrected chi connectivity index (χ4v) is 9.24. The summed E-state index contributed by atoms with van der Waals surface area (Å²) in [5.41, 5.74) is 14.6. The average Bonchev–Trinajstić information content (AvgIpc) is 3.34. The highest BCUT2D eigenvalue weighted by atomic mass is 35.5. The van der Waals surface area contributed by atoms with E-state index in [0.717, 1.165) is 78.4 Å². The predicted octanol–water partition coefficient (Wildman–Crippen LogP) is 19.5. The highest BCUT2D eigenvalue weighted by Crippen LogP contribution is 2.53. The maximum absolute atomic E-state index is 9.19. The molecule has 0 N–H and O–H groups in total. The van der Waals surface area contributed by atoms with Crippen LogP contribution < -0.4 is 9.80 Å². The smallest absolute Gasteiger partial charge is 0.0618 e. The van der Waals surface area contributed by atoms with Crippen molar-refractivity contribution in [2.24, 2.45) is 0 Å². The van der Waals surface area contributed by atoms with E-state index >= 15 is 0 Å². The van der Waals surface area contributed by atoms with E-state index in [9.17, 15) is 4.11 Å². The van der Waals surface area contributed by atoms with Crippen molar-refractivity contribution >= 4 is 57.3 Å². The van der Waals surface area contributed by atoms with Crippen LogP contribution in [0, 0.1) is 6.85 Å². The second kappa shape index (κ2) is 18.8. The summed E-state index contributed by atoms with van der Waals surface area (Å²) >= 11 is 14.0. The van der Waals surface area contributed by atoms with Crippen molar-refractivity contribution in [3.63, 3.8) is 0 Å². The molecule has 0 spiro atoms. The average molecular weight is 915 g/mol. The lowest BCUT2D eigenvalue weighted by Crippen LogP contribution is -2.18. The Kier molecular flexibility index (Phi) is 11.7. The van der Waals surface area contributed by atoms with Gasteiger partial charge in [0.25, 0.3) is 0 Å². The molecule has 67 heavy (non-hydrogen) atoms. The third-order valence-corrected chi connectivity index (χ3v) is 12.8. The molecule has 0 unspecified atom stereocenters. The van der Waals surface area contributed by atoms with Crippen LogP contribution in [0.3, 0.4) is 0 Å². The highest BCUT2D eigenvalue weighted by Gasteiger charge is 2.30. The van der Waals surface area contributed by atoms with Crippen LogP contribution in [0.25, 0.3) is 44.5 Å². The number of benzene rings is 9. The maximum Gasteiger partial charge on any atom is 0.0618 e. The number of halogens is 2. The number of hydrogen-bond donors (Lipinski definition) is 0. The first-order valence-corrected chi connectivity index (χ1v) is 23.6. The topological polar surface area (TPSA) is 6.48 Å². The molecule has 0 aliphatic rings. The van der Waals surface area contributed by atoms with Gasteiger partial charge in [0.05, 0.1) is 11.4 Å². The number of rotatable bonds is 10. The molecule has 332 valence electrons. The number of nitrogens with zero attached hydrogens (tertiary/aromatic N) is 2. The summed E-state index contributed by atoms with van der Waals surface area (Å²) in [6.45, 7) is 10.9. The molecule has 0 aliphatic carbocycles. The second-order valence-electron chi connectivity index (χ2n) is 19.2. The zero-order valence-corrected chi connectivity index (χ0v) is 40.4. The van der Waals surface area contributed by atoms with Gasteiger partial charge in [-0.3, -0.25) is 0 Å². The molecular weight excluding hydrogens is 856 g/mol. The van der Waals surface area contributed by atoms with Crippen LogP contribution in [0.15, 0.2) is 212 Å². The minimum absolute atomic E-state index is 0.168. The Balaban J connectivity index is 1.46. The molecule has 0 fully saturated rings. The van der Waals surface area contributed by atoms with Crippen molar-refractivity contribution in [1.29, 1.82) is 0 Å². The van der Waals surface area contributed by atoms with Gasteiger partial charge in [0, 0.05) is 59.2 Å². The number of anilines is 6. The Morgan fingerprint density at radius 1 is 0.343 bits per heavy atom. The molecule has 0 amide bonds. The fourth-order valence-electron chi connectivity index (χ4n) is 8.87. The molecule has 0 saturated heterocycles. The van der Waals surface area contributed by atoms with Crippen LogP contribution >= 0.6 is 23.2 Å². The van der Waals surface area contributed by atoms with Gasteiger partial charge in [-0.05, 0) is 135 Å². The molecule has 0 atom stereocenters. The van der Waals surface area contributed by atoms with E-state index in [0.29, 0.717) is 21.4 Å². The van der Waals surface area contributed by atoms with E-state index < -0.39 is 6.85 Å². The molecule has 0 bridgehead atoms. The second-order valence-corrected chi connectivity index (χ2v) is 20.0. The molecule has 4 heteroatoms. The van der Waals surface area contributed by atoms with Crippen LogP contribution in [0.4, 0.5) is 34.1 Å². The van der Waals surface area contributed by atoms with Crippen molar-refractivity contribution in [1.82, 2.24) is 0 Å². The number of aryl methyl sites for hydroxylation is 1. The Hall–Kier alpha value is -6.84. The van der Waals surface area contributed by atoms with E-state index in [-0.39, 0.29) is 16.4 Å². The molecule has 0 aliphatic heterocycles. The third kappa shape index (κ3) is 9.70. The Morgan fingerprint density at radius 3 is 0.925 bits per heavy atom. The van der Waals surface area contributed by atoms with Crippen molar-refractivity contribution in [2.45, 2.75) is 59.2 Å². The predicted molar refractivity (Wildman–Crippen MR) is 290 cm³/mol. The van der Waals surface area contributed by atoms with E-state index in [2.05, 4.69) is 179 Å². The van der Waals surface area contributed by atoms with Crippen molar-refractivity contribution in [3.05, 3.63) is 239 Å². The maximum atomic E-state index is 9.19. The molecule has 0 aromatic heterocycles. The SMILES string of the molecule is [2H]C([2H])([2H])c1cc(N(c2cccc(Cl)c2)c2c(-c3ccccc3)cc(C(C)(C)C)cc2-c2ccccc2)cc(N(c2cccc(Cl)c2)c2c(-c3ccccc3)cc(C(C)(C)C)cc2-c2ccccc2)c1. The molecule has 0 radical (unpaired) electrons. The van der Waals surface area contributed by atoms with E-state index in [1.54, 1.807) is 0 Å². The van der Waals surface area contributed by atoms with Gasteiger partial charge in [0.1, 0.15) is 0 Å². The van der Waals surface area contributed by atoms with Crippen LogP contribution in [-0.4, -0.2) is 0 Å². The lowest BCUT2D eigenvalue weighted by molar-refractivity contribution is 0.590. The van der Waals surface area contributed by atoms with Crippen LogP contribution in [0.2, 0.25) is 10.0 Å². The Labute approximate surface area is 412 Å². The zero-order chi connectivity index (χ0) is 49.4. The van der Waals surface area contributed by atoms with Gasteiger partial charge in [-0.15, -0.1) is 0 Å². The minimum atomic E-state index is -2.52. The summed E-state index contributed by atoms with van der Waals surface area (Å²) < 4.78 is 27.6. The van der Waals surface area contributed by atoms with Crippen LogP contribution in [0.1, 0.15) is 62.3 Å². The van der Waals surface area contributed by atoms with E-state index in [4.69, 9.17) is 23.2 Å². The van der Waals surface area contributed by atoms with Gasteiger partial charge < -0.3 is 9.80 Å². The summed E-state index contributed by atoms with van der Waals surface area (Å²) in [7, 11) is 0. The molecule has 0 heterocycles. The quantitative estimate of drug-likeness (QED) is 0.135. The van der Waals surface area contributed by atoms with Crippen LogP contribution in [0.5, 0.6) is 0 Å². The standard InChI is InChI=1S/C63H56Cl2N2/c1-43-34-54(66(52-32-20-30-50(64)40-52)60-56(44-22-12-8-13-23-44)36-48(62(2,3)4)37-57(60)45-24-14-9-15-25-45)42-55(35-43)67(53-33-21-31-51(65)41-53)61-58(46-26-16-10-17-27-46)38-49(63(5,6)7)39-59(61)47-28-18-11-19-29-47/h8-42H,1-7H3/i1D3. The summed E-state index contributed by atoms with van der Waals surface area (Å²) in [5, 5.41) is 1.09. The summed E-state index contributed by atoms with van der Waals surface area (Å²) in [5.74, 6) is 0. The van der Waals surface area contributed by atoms with Crippen molar-refractivity contribution in [2.75, 3.05) is 9.80 Å². The molecule has 9 aromatic carbocycles. The minimum Gasteiger partial charge on any atom is -0.309 e. The summed E-state index contributed by atoms with van der Waals surface area (Å²) in [6.07, 6.45) is 0. The third-order valence-electron chi connectivity index (χ3n) is 12.3. The monoisotopic (exact) mass is 913 g/mol. The van der Waals surface area contributed by atoms with Gasteiger partial charge in [-0.2, -0.15) is 0 Å². The van der Waals surface area contributed by atoms with Gasteiger partial charge >= 0.3 is 0 Å². The summed E-state index contributed by atoms with van der Waals surface area (Å²) in [4.78, 5) is 4.38. The van der Waals surface area contributed by atoms with Gasteiger partial charge in [-0.1, -0.05) is 198 Å². The lowest BCUT2D eigenvalue weighted by atomic mass is 9.81. The first kappa shape index (κ1) is 41.6. The lowest BCUT2D eigenvalue weighted by Gasteiger charge is -2.35. The summed E-state index contributed by atoms with van der Waals surface area (Å²) in [6, 6.07) is 72.2. The normalized spacial score (nSPS) is 12.5. The first-order valence-electron chi connectivity index (χ1n) is 24.3. The van der Waals surface area contributed by atoms with Crippen molar-refractivity contribution < 1.29 is 4.11 Å². The van der Waals surface area contributed by atoms with Gasteiger partial charge in [-0.25, -0.2) is 0 Å². The highest BCUT2D eigenvalue weighted by molar-refractivity contribution is 6.31. The van der Waals surface area contributed by atoms with Crippen LogP contribution in [-0.2, 0) is 10.8 Å². The Bertz CT molecular complexity index is 2950. The van der Waals surface area contributed by atoms with Crippen molar-refractivity contribution in [3.8, 4) is 44.5 Å². The molecule has 9 aromatic rings. The first-order chi connectivity index (χ1) is 33.4. The molecule has 0 saturated carbocycles. The van der Waals surface area contributed by atoms with E-state index in [1.807, 2.05) is 84.9 Å².